The fourth-order valence-corrected chi connectivity index (χ4v) is 2.49. The zero-order valence-electron chi connectivity index (χ0n) is 12.0. The van der Waals surface area contributed by atoms with Crippen LogP contribution in [0.25, 0.3) is 0 Å². The van der Waals surface area contributed by atoms with Gasteiger partial charge in [0, 0.05) is 13.1 Å². The highest BCUT2D eigenvalue weighted by atomic mass is 19.4. The number of nitrogens with one attached hydrogen (secondary N) is 1. The molecule has 116 valence electrons. The molecule has 0 unspecified atom stereocenters. The lowest BCUT2D eigenvalue weighted by Crippen LogP contribution is -2.44. The number of amides is 1. The van der Waals surface area contributed by atoms with E-state index in [4.69, 9.17) is 0 Å². The smallest absolute Gasteiger partial charge is 0.339 e. The van der Waals surface area contributed by atoms with Crippen molar-refractivity contribution in [3.63, 3.8) is 0 Å². The van der Waals surface area contributed by atoms with Gasteiger partial charge in [-0.2, -0.15) is 13.2 Å². The molecule has 0 aromatic carbocycles. The molecule has 1 amide bonds. The number of carbonyl (C=O) groups is 1. The normalized spacial score (nSPS) is 16.8. The Morgan fingerprint density at radius 2 is 1.95 bits per heavy atom. The Bertz CT molecular complexity index is 525. The van der Waals surface area contributed by atoms with Crippen LogP contribution < -0.4 is 5.32 Å². The van der Waals surface area contributed by atoms with Crippen LogP contribution in [0.1, 0.15) is 34.6 Å². The van der Waals surface area contributed by atoms with E-state index in [1.807, 2.05) is 0 Å². The maximum Gasteiger partial charge on any atom is 0.433 e. The molecule has 7 heteroatoms. The molecular formula is C14H18F3N3O. The van der Waals surface area contributed by atoms with Gasteiger partial charge in [0.05, 0.1) is 11.3 Å². The molecule has 0 saturated carbocycles. The van der Waals surface area contributed by atoms with Crippen LogP contribution in [-0.2, 0) is 6.18 Å². The molecule has 0 atom stereocenters. The van der Waals surface area contributed by atoms with Gasteiger partial charge in [0.2, 0.25) is 0 Å². The third-order valence-electron chi connectivity index (χ3n) is 3.78. The van der Waals surface area contributed by atoms with E-state index in [9.17, 15) is 18.0 Å². The third-order valence-corrected chi connectivity index (χ3v) is 3.78. The van der Waals surface area contributed by atoms with Crippen molar-refractivity contribution in [2.24, 2.45) is 0 Å². The minimum absolute atomic E-state index is 0.107. The highest BCUT2D eigenvalue weighted by Gasteiger charge is 2.33. The summed E-state index contributed by atoms with van der Waals surface area (Å²) in [6.07, 6.45) is -2.81. The Hall–Kier alpha value is -1.63. The maximum absolute atomic E-state index is 12.6. The lowest BCUT2D eigenvalue weighted by atomic mass is 10.0. The Balaban J connectivity index is 2.19. The highest BCUT2D eigenvalue weighted by molar-refractivity contribution is 5.95. The number of aromatic nitrogens is 1. The summed E-state index contributed by atoms with van der Waals surface area (Å²) in [4.78, 5) is 17.5. The minimum atomic E-state index is -4.49. The topological polar surface area (TPSA) is 45.2 Å². The van der Waals surface area contributed by atoms with Crippen LogP contribution in [0, 0.1) is 6.92 Å². The first-order valence-corrected chi connectivity index (χ1v) is 6.83. The van der Waals surface area contributed by atoms with Crippen LogP contribution >= 0.6 is 0 Å². The molecule has 0 aliphatic carbocycles. The Morgan fingerprint density at radius 3 is 2.48 bits per heavy atom. The largest absolute Gasteiger partial charge is 0.433 e. The molecule has 1 fully saturated rings. The standard InChI is InChI=1S/C14H18F3N3O/c1-9-11(3-4-12(19-9)14(15,16)17)13(21)20(2)10-5-7-18-8-6-10/h3-4,10,18H,5-8H2,1-2H3. The number of carbonyl (C=O) groups excluding carboxylic acids is 1. The van der Waals surface area contributed by atoms with Crippen molar-refractivity contribution in [2.75, 3.05) is 20.1 Å². The number of nitrogens with zero attached hydrogens (tertiary/aromatic N) is 2. The van der Waals surface area contributed by atoms with E-state index in [1.165, 1.54) is 13.0 Å². The first-order chi connectivity index (χ1) is 9.80. The summed E-state index contributed by atoms with van der Waals surface area (Å²) in [7, 11) is 1.69. The molecule has 4 nitrogen and oxygen atoms in total. The van der Waals surface area contributed by atoms with E-state index in [1.54, 1.807) is 11.9 Å². The second kappa shape index (κ2) is 6.01. The van der Waals surface area contributed by atoms with Crippen LogP contribution in [0.15, 0.2) is 12.1 Å². The van der Waals surface area contributed by atoms with E-state index in [2.05, 4.69) is 10.3 Å². The molecule has 0 bridgehead atoms. The number of alkyl halides is 3. The molecule has 1 N–H and O–H groups in total. The van der Waals surface area contributed by atoms with Crippen LogP contribution in [0.2, 0.25) is 0 Å². The van der Waals surface area contributed by atoms with E-state index in [-0.39, 0.29) is 23.2 Å². The number of hydrogen-bond donors (Lipinski definition) is 1. The molecule has 1 aliphatic heterocycles. The fraction of sp³-hybridized carbons (Fsp3) is 0.571. The van der Waals surface area contributed by atoms with E-state index >= 15 is 0 Å². The van der Waals surface area contributed by atoms with Crippen molar-refractivity contribution < 1.29 is 18.0 Å². The van der Waals surface area contributed by atoms with Crippen molar-refractivity contribution in [3.8, 4) is 0 Å². The maximum atomic E-state index is 12.6. The second-order valence-corrected chi connectivity index (χ2v) is 5.22. The minimum Gasteiger partial charge on any atom is -0.339 e. The summed E-state index contributed by atoms with van der Waals surface area (Å²) in [5.41, 5.74) is -0.638. The number of piperidine rings is 1. The molecule has 0 radical (unpaired) electrons. The Labute approximate surface area is 121 Å². The van der Waals surface area contributed by atoms with Crippen LogP contribution in [-0.4, -0.2) is 42.0 Å². The summed E-state index contributed by atoms with van der Waals surface area (Å²) in [5, 5.41) is 3.21. The molecule has 1 aromatic heterocycles. The molecule has 2 rings (SSSR count). The van der Waals surface area contributed by atoms with Gasteiger partial charge >= 0.3 is 6.18 Å². The Kier molecular flexibility index (Phi) is 4.51. The lowest BCUT2D eigenvalue weighted by Gasteiger charge is -2.32. The molecular weight excluding hydrogens is 283 g/mol. The lowest BCUT2D eigenvalue weighted by molar-refractivity contribution is -0.141. The molecule has 2 heterocycles. The van der Waals surface area contributed by atoms with Gasteiger partial charge in [0.25, 0.3) is 5.91 Å². The first-order valence-electron chi connectivity index (χ1n) is 6.83. The molecule has 21 heavy (non-hydrogen) atoms. The second-order valence-electron chi connectivity index (χ2n) is 5.22. The SMILES string of the molecule is Cc1nc(C(F)(F)F)ccc1C(=O)N(C)C1CCNCC1. The number of halogens is 3. The zero-order chi connectivity index (χ0) is 15.6. The summed E-state index contributed by atoms with van der Waals surface area (Å²) in [6, 6.07) is 2.18. The highest BCUT2D eigenvalue weighted by Crippen LogP contribution is 2.28. The van der Waals surface area contributed by atoms with Gasteiger partial charge in [-0.25, -0.2) is 4.98 Å². The zero-order valence-corrected chi connectivity index (χ0v) is 12.0. The van der Waals surface area contributed by atoms with Crippen LogP contribution in [0.3, 0.4) is 0 Å². The van der Waals surface area contributed by atoms with Crippen molar-refractivity contribution >= 4 is 5.91 Å². The number of hydrogen-bond acceptors (Lipinski definition) is 3. The molecule has 1 aliphatic rings. The van der Waals surface area contributed by atoms with Gasteiger partial charge in [0.1, 0.15) is 5.69 Å². The van der Waals surface area contributed by atoms with E-state index < -0.39 is 11.9 Å². The number of rotatable bonds is 2. The van der Waals surface area contributed by atoms with Crippen molar-refractivity contribution in [1.29, 1.82) is 0 Å². The number of pyridine rings is 1. The monoisotopic (exact) mass is 301 g/mol. The van der Waals surface area contributed by atoms with Crippen molar-refractivity contribution in [1.82, 2.24) is 15.2 Å². The predicted octanol–water partition coefficient (Wildman–Crippen LogP) is 2.23. The average molecular weight is 301 g/mol. The third kappa shape index (κ3) is 3.53. The van der Waals surface area contributed by atoms with Crippen molar-refractivity contribution in [2.45, 2.75) is 32.0 Å². The summed E-state index contributed by atoms with van der Waals surface area (Å²) in [6.45, 7) is 3.11. The predicted molar refractivity (Wildman–Crippen MR) is 72.0 cm³/mol. The fourth-order valence-electron chi connectivity index (χ4n) is 2.49. The van der Waals surface area contributed by atoms with E-state index in [0.717, 1.165) is 32.0 Å². The van der Waals surface area contributed by atoms with Gasteiger partial charge in [-0.1, -0.05) is 0 Å². The van der Waals surface area contributed by atoms with Gasteiger partial charge < -0.3 is 10.2 Å². The van der Waals surface area contributed by atoms with Crippen LogP contribution in [0.4, 0.5) is 13.2 Å². The average Bonchev–Trinajstić information content (AvgIpc) is 2.45. The summed E-state index contributed by atoms with van der Waals surface area (Å²) in [5.74, 6) is -0.277. The number of aryl methyl sites for hydroxylation is 1. The Morgan fingerprint density at radius 1 is 1.33 bits per heavy atom. The van der Waals surface area contributed by atoms with E-state index in [0.29, 0.717) is 0 Å². The van der Waals surface area contributed by atoms with Crippen LogP contribution in [0.5, 0.6) is 0 Å². The van der Waals surface area contributed by atoms with Gasteiger partial charge in [-0.05, 0) is 45.0 Å². The van der Waals surface area contributed by atoms with Gasteiger partial charge in [0.15, 0.2) is 0 Å². The van der Waals surface area contributed by atoms with Gasteiger partial charge in [-0.15, -0.1) is 0 Å². The quantitative estimate of drug-likeness (QED) is 0.911. The van der Waals surface area contributed by atoms with Crippen molar-refractivity contribution in [3.05, 3.63) is 29.1 Å². The van der Waals surface area contributed by atoms with Gasteiger partial charge in [-0.3, -0.25) is 4.79 Å². The summed E-state index contributed by atoms with van der Waals surface area (Å²) >= 11 is 0. The summed E-state index contributed by atoms with van der Waals surface area (Å²) < 4.78 is 37.8. The molecule has 1 saturated heterocycles. The first kappa shape index (κ1) is 15.8. The molecule has 1 aromatic rings. The molecule has 0 spiro atoms.